The molecule has 0 spiro atoms. The molecule has 0 aliphatic heterocycles. The molecule has 0 aromatic carbocycles. The van der Waals surface area contributed by atoms with Gasteiger partial charge in [0.25, 0.3) is 0 Å². The Kier molecular flexibility index (Phi) is 7.86. The predicted molar refractivity (Wildman–Crippen MR) is 73.7 cm³/mol. The van der Waals surface area contributed by atoms with Gasteiger partial charge < -0.3 is 4.74 Å². The number of nitrogens with zero attached hydrogens (tertiary/aromatic N) is 3. The lowest BCUT2D eigenvalue weighted by Gasteiger charge is -2.01. The van der Waals surface area contributed by atoms with Crippen molar-refractivity contribution in [1.82, 2.24) is 15.0 Å². The molecule has 0 amide bonds. The quantitative estimate of drug-likeness (QED) is 0.483. The first-order valence-corrected chi connectivity index (χ1v) is 7.30. The molecule has 108 valence electrons. The average Bonchev–Trinajstić information content (AvgIpc) is 2.83. The van der Waals surface area contributed by atoms with Crippen molar-refractivity contribution < 1.29 is 9.53 Å². The van der Waals surface area contributed by atoms with Gasteiger partial charge >= 0.3 is 5.97 Å². The first-order valence-electron chi connectivity index (χ1n) is 7.30. The number of aryl methyl sites for hydroxylation is 2. The number of hydrogen-bond donors (Lipinski definition) is 0. The van der Waals surface area contributed by atoms with E-state index < -0.39 is 0 Å². The Bertz CT molecular complexity index is 363. The molecule has 0 fully saturated rings. The highest BCUT2D eigenvalue weighted by Crippen LogP contribution is 2.05. The third-order valence-electron chi connectivity index (χ3n) is 2.95. The van der Waals surface area contributed by atoms with Gasteiger partial charge in [0, 0.05) is 19.2 Å². The van der Waals surface area contributed by atoms with Crippen molar-refractivity contribution in [2.24, 2.45) is 0 Å². The van der Waals surface area contributed by atoms with Crippen LogP contribution < -0.4 is 0 Å². The van der Waals surface area contributed by atoms with Crippen molar-refractivity contribution in [1.29, 1.82) is 0 Å². The fourth-order valence-corrected chi connectivity index (χ4v) is 1.89. The number of rotatable bonds is 10. The molecular formula is C14H25N3O2. The first-order chi connectivity index (χ1) is 9.26. The van der Waals surface area contributed by atoms with Crippen LogP contribution in [-0.4, -0.2) is 27.6 Å². The van der Waals surface area contributed by atoms with Gasteiger partial charge in [-0.25, -0.2) is 0 Å². The zero-order valence-electron chi connectivity index (χ0n) is 12.1. The molecule has 0 bridgehead atoms. The van der Waals surface area contributed by atoms with E-state index in [2.05, 4.69) is 17.2 Å². The monoisotopic (exact) mass is 267 g/mol. The Morgan fingerprint density at radius 1 is 1.26 bits per heavy atom. The number of carbonyl (C=O) groups excluding carboxylic acids is 1. The van der Waals surface area contributed by atoms with Crippen LogP contribution >= 0.6 is 0 Å². The molecule has 5 nitrogen and oxygen atoms in total. The zero-order valence-corrected chi connectivity index (χ0v) is 12.1. The van der Waals surface area contributed by atoms with Crippen LogP contribution in [0.4, 0.5) is 0 Å². The fourth-order valence-electron chi connectivity index (χ4n) is 1.89. The minimum atomic E-state index is -0.110. The maximum Gasteiger partial charge on any atom is 0.305 e. The van der Waals surface area contributed by atoms with Crippen molar-refractivity contribution >= 4 is 5.97 Å². The molecule has 1 aromatic rings. The van der Waals surface area contributed by atoms with Crippen molar-refractivity contribution in [2.45, 2.75) is 65.3 Å². The summed E-state index contributed by atoms with van der Waals surface area (Å²) in [5.41, 5.74) is 1.07. The van der Waals surface area contributed by atoms with E-state index in [0.29, 0.717) is 13.0 Å². The number of unbranched alkanes of at least 4 members (excludes halogenated alkanes) is 3. The smallest absolute Gasteiger partial charge is 0.305 e. The molecule has 1 heterocycles. The minimum Gasteiger partial charge on any atom is -0.466 e. The molecule has 1 aromatic heterocycles. The third-order valence-corrected chi connectivity index (χ3v) is 2.95. The summed E-state index contributed by atoms with van der Waals surface area (Å²) >= 11 is 0. The van der Waals surface area contributed by atoms with Gasteiger partial charge in [0.05, 0.1) is 12.3 Å². The van der Waals surface area contributed by atoms with Gasteiger partial charge in [0.15, 0.2) is 0 Å². The summed E-state index contributed by atoms with van der Waals surface area (Å²) < 4.78 is 6.75. The topological polar surface area (TPSA) is 57.0 Å². The maximum absolute atomic E-state index is 11.1. The molecule has 5 heteroatoms. The Morgan fingerprint density at radius 2 is 2.11 bits per heavy atom. The summed E-state index contributed by atoms with van der Waals surface area (Å²) in [6.07, 6.45) is 8.93. The normalized spacial score (nSPS) is 10.6. The highest BCUT2D eigenvalue weighted by molar-refractivity contribution is 5.69. The average molecular weight is 267 g/mol. The molecule has 0 radical (unpaired) electrons. The Morgan fingerprint density at radius 3 is 2.84 bits per heavy atom. The second-order valence-corrected chi connectivity index (χ2v) is 4.69. The van der Waals surface area contributed by atoms with E-state index in [4.69, 9.17) is 4.74 Å². The van der Waals surface area contributed by atoms with Gasteiger partial charge in [0.2, 0.25) is 0 Å². The van der Waals surface area contributed by atoms with Gasteiger partial charge in [-0.1, -0.05) is 25.0 Å². The lowest BCUT2D eigenvalue weighted by atomic mass is 10.2. The molecule has 0 aliphatic rings. The van der Waals surface area contributed by atoms with Crippen LogP contribution in [0, 0.1) is 0 Å². The van der Waals surface area contributed by atoms with E-state index in [-0.39, 0.29) is 5.97 Å². The third kappa shape index (κ3) is 6.94. The van der Waals surface area contributed by atoms with Crippen LogP contribution in [0.15, 0.2) is 6.20 Å². The molecule has 19 heavy (non-hydrogen) atoms. The minimum absolute atomic E-state index is 0.110. The van der Waals surface area contributed by atoms with Crippen molar-refractivity contribution in [3.05, 3.63) is 11.9 Å². The number of carbonyl (C=O) groups is 1. The fraction of sp³-hybridized carbons (Fsp3) is 0.786. The van der Waals surface area contributed by atoms with E-state index in [1.54, 1.807) is 0 Å². The Hall–Kier alpha value is -1.39. The van der Waals surface area contributed by atoms with Crippen molar-refractivity contribution in [2.75, 3.05) is 6.61 Å². The summed E-state index contributed by atoms with van der Waals surface area (Å²) in [5, 5.41) is 8.25. The summed E-state index contributed by atoms with van der Waals surface area (Å²) in [7, 11) is 0. The summed E-state index contributed by atoms with van der Waals surface area (Å²) in [6, 6.07) is 0. The Balaban J connectivity index is 2.14. The van der Waals surface area contributed by atoms with Crippen LogP contribution in [0.3, 0.4) is 0 Å². The molecule has 1 rings (SSSR count). The van der Waals surface area contributed by atoms with Crippen LogP contribution in [0.25, 0.3) is 0 Å². The van der Waals surface area contributed by atoms with Gasteiger partial charge in [-0.3, -0.25) is 9.48 Å². The van der Waals surface area contributed by atoms with Gasteiger partial charge in [-0.2, -0.15) is 0 Å². The number of aromatic nitrogens is 3. The zero-order chi connectivity index (χ0) is 13.9. The van der Waals surface area contributed by atoms with E-state index in [9.17, 15) is 4.79 Å². The van der Waals surface area contributed by atoms with Crippen LogP contribution in [-0.2, 0) is 22.5 Å². The SMILES string of the molecule is CCCCCc1cn(CCCCC(=O)OCC)nn1. The van der Waals surface area contributed by atoms with Crippen LogP contribution in [0.2, 0.25) is 0 Å². The molecule has 0 N–H and O–H groups in total. The standard InChI is InChI=1S/C14H25N3O2/c1-3-5-6-9-13-12-17(16-15-13)11-8-7-10-14(18)19-4-2/h12H,3-11H2,1-2H3. The molecule has 0 saturated heterocycles. The molecule has 0 saturated carbocycles. The Labute approximate surface area is 115 Å². The number of ether oxygens (including phenoxy) is 1. The molecule has 0 aliphatic carbocycles. The van der Waals surface area contributed by atoms with E-state index in [1.807, 2.05) is 17.8 Å². The first kappa shape index (κ1) is 15.7. The van der Waals surface area contributed by atoms with Crippen LogP contribution in [0.5, 0.6) is 0 Å². The summed E-state index contributed by atoms with van der Waals surface area (Å²) in [6.45, 7) is 5.30. The van der Waals surface area contributed by atoms with Gasteiger partial charge in [-0.05, 0) is 32.6 Å². The molecular weight excluding hydrogens is 242 g/mol. The van der Waals surface area contributed by atoms with Crippen molar-refractivity contribution in [3.8, 4) is 0 Å². The second kappa shape index (κ2) is 9.53. The lowest BCUT2D eigenvalue weighted by molar-refractivity contribution is -0.143. The van der Waals surface area contributed by atoms with Crippen LogP contribution in [0.1, 0.15) is 58.1 Å². The highest BCUT2D eigenvalue weighted by Gasteiger charge is 2.03. The van der Waals surface area contributed by atoms with Gasteiger partial charge in [-0.15, -0.1) is 5.10 Å². The highest BCUT2D eigenvalue weighted by atomic mass is 16.5. The lowest BCUT2D eigenvalue weighted by Crippen LogP contribution is -2.05. The number of esters is 1. The second-order valence-electron chi connectivity index (χ2n) is 4.69. The molecule has 0 unspecified atom stereocenters. The largest absolute Gasteiger partial charge is 0.466 e. The maximum atomic E-state index is 11.1. The summed E-state index contributed by atoms with van der Waals surface area (Å²) in [5.74, 6) is -0.110. The van der Waals surface area contributed by atoms with E-state index >= 15 is 0 Å². The molecule has 0 atom stereocenters. The predicted octanol–water partition coefficient (Wildman–Crippen LogP) is 2.74. The van der Waals surface area contributed by atoms with Gasteiger partial charge in [0.1, 0.15) is 0 Å². The van der Waals surface area contributed by atoms with E-state index in [1.165, 1.54) is 19.3 Å². The van der Waals surface area contributed by atoms with Crippen molar-refractivity contribution in [3.63, 3.8) is 0 Å². The number of hydrogen-bond acceptors (Lipinski definition) is 4. The summed E-state index contributed by atoms with van der Waals surface area (Å²) in [4.78, 5) is 11.1. The van der Waals surface area contributed by atoms with E-state index in [0.717, 1.165) is 31.5 Å².